The average molecular weight is 525 g/mol. The van der Waals surface area contributed by atoms with Crippen LogP contribution in [0.4, 0.5) is 5.82 Å². The summed E-state index contributed by atoms with van der Waals surface area (Å²) in [4.78, 5) is 26.2. The summed E-state index contributed by atoms with van der Waals surface area (Å²) in [5.74, 6) is 1.19. The molecular formula is C25H32N8OS2. The summed E-state index contributed by atoms with van der Waals surface area (Å²) in [5.41, 5.74) is 3.48. The van der Waals surface area contributed by atoms with E-state index in [1.807, 2.05) is 29.8 Å². The maximum atomic E-state index is 13.2. The van der Waals surface area contributed by atoms with Gasteiger partial charge in [0, 0.05) is 36.6 Å². The van der Waals surface area contributed by atoms with E-state index >= 15 is 0 Å². The van der Waals surface area contributed by atoms with Gasteiger partial charge in [-0.2, -0.15) is 5.10 Å². The average Bonchev–Trinajstić information content (AvgIpc) is 3.58. The maximum Gasteiger partial charge on any atom is 0.251 e. The van der Waals surface area contributed by atoms with Crippen molar-refractivity contribution in [2.45, 2.75) is 26.8 Å². The molecule has 4 N–H and O–H groups in total. The number of fused-ring (bicyclic) bond motifs is 1. The van der Waals surface area contributed by atoms with Crippen molar-refractivity contribution >= 4 is 40.7 Å². The Bertz CT molecular complexity index is 1290. The molecule has 0 saturated carbocycles. The Hall–Kier alpha value is -2.99. The Balaban J connectivity index is 1.66. The fraction of sp³-hybridized carbons (Fsp3) is 0.360. The second kappa shape index (κ2) is 12.3. The molecule has 36 heavy (non-hydrogen) atoms. The molecule has 0 bridgehead atoms. The number of carbonyl (C=O) groups is 1. The van der Waals surface area contributed by atoms with Gasteiger partial charge in [0.2, 0.25) is 0 Å². The SMILES string of the molecule is CCN(CC)C(C)CNC(=O)c1cc(NCCSN)nc(-c2cnn3ccc(-c4cccs4)nc23)c1. The molecule has 1 amide bonds. The third-order valence-corrected chi connectivity index (χ3v) is 7.36. The van der Waals surface area contributed by atoms with Crippen molar-refractivity contribution in [2.24, 2.45) is 5.14 Å². The van der Waals surface area contributed by atoms with Crippen LogP contribution in [0, 0.1) is 0 Å². The number of amides is 1. The van der Waals surface area contributed by atoms with Gasteiger partial charge in [0.05, 0.1) is 28.0 Å². The number of anilines is 1. The second-order valence-electron chi connectivity index (χ2n) is 8.32. The predicted octanol–water partition coefficient (Wildman–Crippen LogP) is 4.00. The lowest BCUT2D eigenvalue weighted by molar-refractivity contribution is 0.0938. The molecule has 0 aliphatic heterocycles. The van der Waals surface area contributed by atoms with Gasteiger partial charge in [-0.1, -0.05) is 31.9 Å². The Labute approximate surface area is 219 Å². The molecule has 4 heterocycles. The lowest BCUT2D eigenvalue weighted by Gasteiger charge is -2.26. The van der Waals surface area contributed by atoms with Crippen LogP contribution < -0.4 is 15.8 Å². The van der Waals surface area contributed by atoms with Gasteiger partial charge in [-0.15, -0.1) is 11.3 Å². The van der Waals surface area contributed by atoms with E-state index in [0.29, 0.717) is 35.8 Å². The van der Waals surface area contributed by atoms with Gasteiger partial charge in [0.15, 0.2) is 5.65 Å². The van der Waals surface area contributed by atoms with Crippen LogP contribution in [0.3, 0.4) is 0 Å². The smallest absolute Gasteiger partial charge is 0.251 e. The summed E-state index contributed by atoms with van der Waals surface area (Å²) in [6.07, 6.45) is 3.64. The summed E-state index contributed by atoms with van der Waals surface area (Å²) in [7, 11) is 0. The van der Waals surface area contributed by atoms with Crippen LogP contribution in [0.1, 0.15) is 31.1 Å². The number of nitrogens with one attached hydrogen (secondary N) is 2. The normalized spacial score (nSPS) is 12.2. The number of thiophene rings is 1. The third kappa shape index (κ3) is 6.04. The van der Waals surface area contributed by atoms with Gasteiger partial charge in [-0.05, 0) is 49.7 Å². The molecule has 0 aliphatic carbocycles. The van der Waals surface area contributed by atoms with Crippen LogP contribution in [0.15, 0.2) is 48.1 Å². The third-order valence-electron chi connectivity index (χ3n) is 6.03. The van der Waals surface area contributed by atoms with Crippen LogP contribution >= 0.6 is 23.3 Å². The highest BCUT2D eigenvalue weighted by atomic mass is 32.2. The zero-order valence-corrected chi connectivity index (χ0v) is 22.4. The molecular weight excluding hydrogens is 492 g/mol. The predicted molar refractivity (Wildman–Crippen MR) is 149 cm³/mol. The van der Waals surface area contributed by atoms with Gasteiger partial charge in [-0.25, -0.2) is 14.5 Å². The monoisotopic (exact) mass is 524 g/mol. The number of rotatable bonds is 12. The van der Waals surface area contributed by atoms with E-state index in [0.717, 1.165) is 35.0 Å². The molecule has 0 aliphatic rings. The van der Waals surface area contributed by atoms with Crippen molar-refractivity contribution in [3.05, 3.63) is 53.7 Å². The number of carbonyl (C=O) groups excluding carboxylic acids is 1. The van der Waals surface area contributed by atoms with Crippen molar-refractivity contribution in [1.82, 2.24) is 29.8 Å². The summed E-state index contributed by atoms with van der Waals surface area (Å²) in [6.45, 7) is 9.45. The summed E-state index contributed by atoms with van der Waals surface area (Å²) >= 11 is 2.89. The summed E-state index contributed by atoms with van der Waals surface area (Å²) < 4.78 is 1.73. The Morgan fingerprint density at radius 2 is 2.06 bits per heavy atom. The zero-order chi connectivity index (χ0) is 25.5. The molecule has 4 aromatic heterocycles. The lowest BCUT2D eigenvalue weighted by Crippen LogP contribution is -2.42. The fourth-order valence-corrected chi connectivity index (χ4v) is 4.97. The van der Waals surface area contributed by atoms with Gasteiger partial charge >= 0.3 is 0 Å². The van der Waals surface area contributed by atoms with Gasteiger partial charge < -0.3 is 10.6 Å². The molecule has 0 fully saturated rings. The first kappa shape index (κ1) is 26.1. The highest BCUT2D eigenvalue weighted by Gasteiger charge is 2.17. The maximum absolute atomic E-state index is 13.2. The van der Waals surface area contributed by atoms with Gasteiger partial charge in [-0.3, -0.25) is 14.8 Å². The van der Waals surface area contributed by atoms with Gasteiger partial charge in [0.1, 0.15) is 5.82 Å². The van der Waals surface area contributed by atoms with Crippen LogP contribution in [0.2, 0.25) is 0 Å². The van der Waals surface area contributed by atoms with Gasteiger partial charge in [0.25, 0.3) is 5.91 Å². The minimum Gasteiger partial charge on any atom is -0.369 e. The molecule has 0 aromatic carbocycles. The molecule has 0 spiro atoms. The molecule has 9 nitrogen and oxygen atoms in total. The molecule has 0 saturated heterocycles. The zero-order valence-electron chi connectivity index (χ0n) is 20.8. The highest BCUT2D eigenvalue weighted by molar-refractivity contribution is 7.97. The topological polar surface area (TPSA) is 113 Å². The molecule has 1 atom stereocenters. The van der Waals surface area contributed by atoms with Crippen molar-refractivity contribution < 1.29 is 4.79 Å². The first-order valence-electron chi connectivity index (χ1n) is 12.0. The van der Waals surface area contributed by atoms with Crippen LogP contribution in [-0.2, 0) is 0 Å². The van der Waals surface area contributed by atoms with Crippen molar-refractivity contribution in [1.29, 1.82) is 0 Å². The summed E-state index contributed by atoms with van der Waals surface area (Å²) in [6, 6.07) is 9.81. The number of hydrogen-bond donors (Lipinski definition) is 3. The van der Waals surface area contributed by atoms with E-state index in [4.69, 9.17) is 15.1 Å². The van der Waals surface area contributed by atoms with Crippen LogP contribution in [0.5, 0.6) is 0 Å². The Kier molecular flexibility index (Phi) is 8.92. The number of nitrogens with two attached hydrogens (primary N) is 1. The number of aromatic nitrogens is 4. The first-order valence-corrected chi connectivity index (χ1v) is 13.9. The largest absolute Gasteiger partial charge is 0.369 e. The minimum absolute atomic E-state index is 0.141. The number of hydrogen-bond acceptors (Lipinski definition) is 9. The van der Waals surface area contributed by atoms with Crippen LogP contribution in [0.25, 0.3) is 27.5 Å². The number of pyridine rings is 1. The first-order chi connectivity index (χ1) is 17.5. The highest BCUT2D eigenvalue weighted by Crippen LogP contribution is 2.28. The van der Waals surface area contributed by atoms with Crippen LogP contribution in [-0.4, -0.2) is 68.4 Å². The minimum atomic E-state index is -0.141. The van der Waals surface area contributed by atoms with E-state index < -0.39 is 0 Å². The second-order valence-corrected chi connectivity index (χ2v) is 10.0. The number of nitrogens with zero attached hydrogens (tertiary/aromatic N) is 5. The fourth-order valence-electron chi connectivity index (χ4n) is 4.06. The molecule has 4 rings (SSSR count). The van der Waals surface area contributed by atoms with E-state index in [2.05, 4.69) is 41.4 Å². The standard InChI is InChI=1S/C25H32N8OS2/c1-4-32(5-2)17(3)15-28-25(34)18-13-21(30-23(14-18)27-9-12-36-26)19-16-29-33-10-8-20(31-24(19)33)22-7-6-11-35-22/h6-8,10-11,13-14,16-17H,4-5,9,12,15,26H2,1-3H3,(H,27,30)(H,28,34). The van der Waals surface area contributed by atoms with Crippen molar-refractivity contribution in [3.8, 4) is 21.8 Å². The van der Waals surface area contributed by atoms with Crippen molar-refractivity contribution in [2.75, 3.05) is 37.2 Å². The van der Waals surface area contributed by atoms with E-state index in [9.17, 15) is 4.79 Å². The molecule has 190 valence electrons. The van der Waals surface area contributed by atoms with Crippen molar-refractivity contribution in [3.63, 3.8) is 0 Å². The molecule has 1 unspecified atom stereocenters. The van der Waals surface area contributed by atoms with E-state index in [1.165, 1.54) is 11.9 Å². The Morgan fingerprint density at radius 1 is 1.22 bits per heavy atom. The number of likely N-dealkylation sites (N-methyl/N-ethyl adjacent to an activating group) is 1. The quantitative estimate of drug-likeness (QED) is 0.188. The summed E-state index contributed by atoms with van der Waals surface area (Å²) in [5, 5.41) is 18.4. The molecule has 0 radical (unpaired) electrons. The Morgan fingerprint density at radius 3 is 2.78 bits per heavy atom. The molecule has 11 heteroatoms. The van der Waals surface area contributed by atoms with E-state index in [1.54, 1.807) is 34.2 Å². The lowest BCUT2D eigenvalue weighted by atomic mass is 10.1. The van der Waals surface area contributed by atoms with E-state index in [-0.39, 0.29) is 11.9 Å². The molecule has 4 aromatic rings.